The van der Waals surface area contributed by atoms with E-state index in [-0.39, 0.29) is 0 Å². The van der Waals surface area contributed by atoms with E-state index in [0.717, 1.165) is 48.3 Å². The quantitative estimate of drug-likeness (QED) is 0.178. The van der Waals surface area contributed by atoms with E-state index < -0.39 is 0 Å². The van der Waals surface area contributed by atoms with Crippen LogP contribution in [0.4, 0.5) is 0 Å². The summed E-state index contributed by atoms with van der Waals surface area (Å²) in [7, 11) is 0. The molecule has 0 heterocycles. The molecule has 0 aromatic heterocycles. The smallest absolute Gasteiger partial charge is 0.0781 e. The van der Waals surface area contributed by atoms with Crippen LogP contribution in [0.2, 0.25) is 0 Å². The highest BCUT2D eigenvalue weighted by Gasteiger charge is 2.01. The molecule has 0 aliphatic heterocycles. The summed E-state index contributed by atoms with van der Waals surface area (Å²) in [4.78, 5) is 0. The van der Waals surface area contributed by atoms with Crippen LogP contribution in [0.3, 0.4) is 0 Å². The lowest BCUT2D eigenvalue weighted by atomic mass is 10.2. The number of benzene rings is 3. The number of hydrogen-bond acceptors (Lipinski definition) is 7. The molecule has 3 aromatic carbocycles. The number of thiocarbonyl (C=S) groups is 3. The van der Waals surface area contributed by atoms with E-state index >= 15 is 0 Å². The Morgan fingerprint density at radius 3 is 1.54 bits per heavy atom. The predicted octanol–water partition coefficient (Wildman–Crippen LogP) is 10.3. The molecule has 3 rings (SSSR count). The van der Waals surface area contributed by atoms with Gasteiger partial charge in [-0.25, -0.2) is 0 Å². The lowest BCUT2D eigenvalue weighted by molar-refractivity contribution is 1.24. The summed E-state index contributed by atoms with van der Waals surface area (Å²) in [6.45, 7) is 4.13. The van der Waals surface area contributed by atoms with Gasteiger partial charge in [0.25, 0.3) is 0 Å². The Morgan fingerprint density at radius 1 is 0.649 bits per heavy atom. The SMILES string of the molecule is CCC(=S)SCCC#N.CCC(=S)SCc1ccccc1.S=C(SCc1ccccc1)c1ccccc1. The van der Waals surface area contributed by atoms with Gasteiger partial charge in [-0.3, -0.25) is 0 Å². The molecule has 0 radical (unpaired) electrons. The van der Waals surface area contributed by atoms with Gasteiger partial charge >= 0.3 is 0 Å². The molecule has 0 saturated carbocycles. The second-order valence-electron chi connectivity index (χ2n) is 7.41. The van der Waals surface area contributed by atoms with Crippen LogP contribution in [0.1, 0.15) is 49.8 Å². The van der Waals surface area contributed by atoms with Crippen molar-refractivity contribution in [3.8, 4) is 6.07 Å². The molecule has 1 nitrogen and oxygen atoms in total. The van der Waals surface area contributed by atoms with Crippen molar-refractivity contribution >= 4 is 84.5 Å². The van der Waals surface area contributed by atoms with E-state index in [9.17, 15) is 0 Å². The third-order valence-electron chi connectivity index (χ3n) is 4.52. The molecule has 0 N–H and O–H groups in total. The number of nitrogens with zero attached hydrogens (tertiary/aromatic N) is 1. The van der Waals surface area contributed by atoms with Gasteiger partial charge in [0.1, 0.15) is 0 Å². The van der Waals surface area contributed by atoms with Crippen molar-refractivity contribution in [2.24, 2.45) is 0 Å². The first kappa shape index (κ1) is 33.5. The lowest BCUT2D eigenvalue weighted by Gasteiger charge is -2.03. The van der Waals surface area contributed by atoms with E-state index in [4.69, 9.17) is 41.9 Å². The Morgan fingerprint density at radius 2 is 1.08 bits per heavy atom. The van der Waals surface area contributed by atoms with Crippen LogP contribution in [0, 0.1) is 11.3 Å². The van der Waals surface area contributed by atoms with Gasteiger partial charge < -0.3 is 0 Å². The normalized spacial score (nSPS) is 9.54. The van der Waals surface area contributed by atoms with Gasteiger partial charge in [0.2, 0.25) is 0 Å². The first-order valence-corrected chi connectivity index (χ1v) is 16.2. The summed E-state index contributed by atoms with van der Waals surface area (Å²) in [5.74, 6) is 2.80. The summed E-state index contributed by atoms with van der Waals surface area (Å²) in [5, 5.41) is 8.15. The first-order valence-electron chi connectivity index (χ1n) is 12.0. The van der Waals surface area contributed by atoms with Crippen molar-refractivity contribution in [2.45, 2.75) is 44.6 Å². The van der Waals surface area contributed by atoms with Crippen LogP contribution in [-0.4, -0.2) is 18.3 Å². The maximum atomic E-state index is 8.15. The maximum absolute atomic E-state index is 8.15. The zero-order valence-corrected chi connectivity index (χ0v) is 26.2. The van der Waals surface area contributed by atoms with Gasteiger partial charge in [-0.2, -0.15) is 5.26 Å². The monoisotopic (exact) mass is 599 g/mol. The fourth-order valence-electron chi connectivity index (χ4n) is 2.53. The van der Waals surface area contributed by atoms with Crippen LogP contribution < -0.4 is 0 Å². The molecular weight excluding hydrogens is 567 g/mol. The van der Waals surface area contributed by atoms with Gasteiger partial charge in [-0.1, -0.05) is 141 Å². The van der Waals surface area contributed by atoms with Crippen molar-refractivity contribution in [3.63, 3.8) is 0 Å². The zero-order chi connectivity index (χ0) is 27.1. The van der Waals surface area contributed by atoms with Crippen molar-refractivity contribution in [2.75, 3.05) is 5.75 Å². The highest BCUT2D eigenvalue weighted by atomic mass is 32.2. The molecule has 7 heteroatoms. The average Bonchev–Trinajstić information content (AvgIpc) is 2.97. The van der Waals surface area contributed by atoms with Crippen LogP contribution in [0.5, 0.6) is 0 Å². The molecule has 0 aliphatic rings. The molecule has 0 atom stereocenters. The fourth-order valence-corrected chi connectivity index (χ4v) is 5.42. The van der Waals surface area contributed by atoms with Crippen LogP contribution >= 0.6 is 71.9 Å². The van der Waals surface area contributed by atoms with Gasteiger partial charge in [0, 0.05) is 32.1 Å². The average molecular weight is 600 g/mol. The number of rotatable bonds is 9. The van der Waals surface area contributed by atoms with Crippen molar-refractivity contribution in [3.05, 3.63) is 108 Å². The molecule has 194 valence electrons. The molecule has 0 unspecified atom stereocenters. The van der Waals surface area contributed by atoms with E-state index in [0.29, 0.717) is 6.42 Å². The third kappa shape index (κ3) is 17.6. The van der Waals surface area contributed by atoms with E-state index in [1.165, 1.54) is 11.1 Å². The summed E-state index contributed by atoms with van der Waals surface area (Å²) in [5.41, 5.74) is 3.79. The Hall–Kier alpha value is -1.53. The minimum absolute atomic E-state index is 0.602. The predicted molar refractivity (Wildman–Crippen MR) is 182 cm³/mol. The third-order valence-corrected chi connectivity index (χ3v) is 9.48. The maximum Gasteiger partial charge on any atom is 0.0781 e. The topological polar surface area (TPSA) is 23.8 Å². The molecule has 0 aliphatic carbocycles. The molecule has 0 fully saturated rings. The Bertz CT molecular complexity index is 1080. The van der Waals surface area contributed by atoms with Crippen LogP contribution in [0.25, 0.3) is 0 Å². The summed E-state index contributed by atoms with van der Waals surface area (Å²) in [6, 6.07) is 33.0. The summed E-state index contributed by atoms with van der Waals surface area (Å²) >= 11 is 20.5. The summed E-state index contributed by atoms with van der Waals surface area (Å²) in [6.07, 6.45) is 2.53. The van der Waals surface area contributed by atoms with Crippen molar-refractivity contribution in [1.82, 2.24) is 0 Å². The van der Waals surface area contributed by atoms with Gasteiger partial charge in [-0.15, -0.1) is 35.3 Å². The largest absolute Gasteiger partial charge is 0.198 e. The standard InChI is InChI=1S/C14H12S2.C10H12S2.C6H9NS2/c15-14(13-9-5-2-6-10-13)16-11-12-7-3-1-4-8-12;1-2-10(11)12-8-9-6-4-3-5-7-9;1-2-6(8)9-5-3-4-7/h1-10H,11H2;3-7H,2,8H2,1H3;2-3,5H2,1H3. The van der Waals surface area contributed by atoms with E-state index in [1.807, 2.05) is 37.3 Å². The van der Waals surface area contributed by atoms with E-state index in [1.54, 1.807) is 35.3 Å². The zero-order valence-electron chi connectivity index (χ0n) is 21.3. The number of hydrogen-bond donors (Lipinski definition) is 0. The van der Waals surface area contributed by atoms with Crippen molar-refractivity contribution < 1.29 is 0 Å². The molecule has 0 saturated heterocycles. The molecule has 37 heavy (non-hydrogen) atoms. The number of thioether (sulfide) groups is 3. The van der Waals surface area contributed by atoms with Gasteiger partial charge in [-0.05, 0) is 29.5 Å². The van der Waals surface area contributed by atoms with Crippen LogP contribution in [0.15, 0.2) is 91.0 Å². The molecule has 3 aromatic rings. The van der Waals surface area contributed by atoms with Crippen LogP contribution in [-0.2, 0) is 11.5 Å². The second-order valence-corrected chi connectivity index (χ2v) is 12.8. The molecule has 0 spiro atoms. The van der Waals surface area contributed by atoms with Crippen molar-refractivity contribution in [1.29, 1.82) is 5.26 Å². The van der Waals surface area contributed by atoms with Gasteiger partial charge in [0.05, 0.1) is 10.3 Å². The molecule has 0 bridgehead atoms. The Kier molecular flexibility index (Phi) is 20.3. The van der Waals surface area contributed by atoms with Gasteiger partial charge in [0.15, 0.2) is 0 Å². The highest BCUT2D eigenvalue weighted by molar-refractivity contribution is 8.23. The first-order chi connectivity index (χ1) is 18.0. The lowest BCUT2D eigenvalue weighted by Crippen LogP contribution is -1.91. The highest BCUT2D eigenvalue weighted by Crippen LogP contribution is 2.19. The molecular formula is C30H33NS6. The Labute approximate surface area is 252 Å². The minimum Gasteiger partial charge on any atom is -0.198 e. The minimum atomic E-state index is 0.602. The molecule has 0 amide bonds. The number of nitriles is 1. The van der Waals surface area contributed by atoms with E-state index in [2.05, 4.69) is 73.7 Å². The fraction of sp³-hybridized carbons (Fsp3) is 0.267. The summed E-state index contributed by atoms with van der Waals surface area (Å²) < 4.78 is 3.06. The Balaban J connectivity index is 0.000000291. The second kappa shape index (κ2) is 22.5.